The van der Waals surface area contributed by atoms with Gasteiger partial charge in [0.25, 0.3) is 17.7 Å². The van der Waals surface area contributed by atoms with Crippen molar-refractivity contribution in [2.24, 2.45) is 5.16 Å². The van der Waals surface area contributed by atoms with Gasteiger partial charge in [-0.15, -0.1) is 32.5 Å². The first-order chi connectivity index (χ1) is 23.6. The van der Waals surface area contributed by atoms with Gasteiger partial charge < -0.3 is 25.9 Å². The van der Waals surface area contributed by atoms with Gasteiger partial charge >= 0.3 is 5.97 Å². The van der Waals surface area contributed by atoms with Gasteiger partial charge in [-0.3, -0.25) is 24.7 Å². The van der Waals surface area contributed by atoms with Crippen molar-refractivity contribution in [1.82, 2.24) is 30.3 Å². The van der Waals surface area contributed by atoms with Gasteiger partial charge in [-0.25, -0.2) is 14.8 Å². The third-order valence-electron chi connectivity index (χ3n) is 8.62. The van der Waals surface area contributed by atoms with Crippen LogP contribution in [0.2, 0.25) is 4.34 Å². The number of hydrazine groups is 1. The van der Waals surface area contributed by atoms with Crippen LogP contribution in [-0.2, 0) is 38.9 Å². The Morgan fingerprint density at radius 3 is 2.76 bits per heavy atom. The van der Waals surface area contributed by atoms with Crippen molar-refractivity contribution >= 4 is 86.4 Å². The maximum atomic E-state index is 13.3. The molecule has 2 atom stereocenters. The molecule has 2 fully saturated rings. The van der Waals surface area contributed by atoms with Crippen molar-refractivity contribution in [3.63, 3.8) is 0 Å². The van der Waals surface area contributed by atoms with Gasteiger partial charge in [-0.2, -0.15) is 0 Å². The SMILES string of the molecule is CO/N=C(\C(=O)N[C@@H]1C(=O)N2C(C(=O)O)=C(C[n+]3ccc4n3CCN4Cc3cc(C(=O)NN4CCCC4)cs3)CS[C@H]12)c1nc(N)sc1Cl. The van der Waals surface area contributed by atoms with Gasteiger partial charge in [0.1, 0.15) is 34.3 Å². The van der Waals surface area contributed by atoms with E-state index in [2.05, 4.69) is 30.5 Å². The number of β-lactam (4-membered cyclic amide) rings is 1. The second-order valence-corrected chi connectivity index (χ2v) is 15.4. The van der Waals surface area contributed by atoms with E-state index in [9.17, 15) is 24.3 Å². The number of aliphatic carboxylic acids is 1. The number of nitrogens with zero attached hydrogens (tertiary/aromatic N) is 7. The van der Waals surface area contributed by atoms with Gasteiger partial charge in [0, 0.05) is 41.2 Å². The molecular weight excluding hydrogens is 716 g/mol. The highest BCUT2D eigenvalue weighted by molar-refractivity contribution is 8.00. The molecule has 3 aromatic rings. The first-order valence-electron chi connectivity index (χ1n) is 15.3. The van der Waals surface area contributed by atoms with Gasteiger partial charge in [-0.05, 0) is 18.9 Å². The average Bonchev–Trinajstić information content (AvgIpc) is 3.91. The zero-order chi connectivity index (χ0) is 34.4. The predicted octanol–water partition coefficient (Wildman–Crippen LogP) is 1.08. The Hall–Kier alpha value is -4.17. The number of anilines is 2. The number of nitrogen functional groups attached to an aromatic ring is 1. The molecule has 0 unspecified atom stereocenters. The number of carboxylic acids is 1. The lowest BCUT2D eigenvalue weighted by Crippen LogP contribution is -2.71. The monoisotopic (exact) mass is 747 g/mol. The Morgan fingerprint density at radius 1 is 1.24 bits per heavy atom. The first-order valence-corrected chi connectivity index (χ1v) is 18.5. The van der Waals surface area contributed by atoms with Crippen LogP contribution in [0.15, 0.2) is 40.1 Å². The van der Waals surface area contributed by atoms with Crippen LogP contribution < -0.4 is 26.1 Å². The molecule has 4 aliphatic heterocycles. The number of fused-ring (bicyclic) bond motifs is 2. The van der Waals surface area contributed by atoms with Crippen molar-refractivity contribution in [1.29, 1.82) is 0 Å². The van der Waals surface area contributed by atoms with Gasteiger partial charge in [-0.1, -0.05) is 28.1 Å². The molecule has 0 radical (unpaired) electrons. The van der Waals surface area contributed by atoms with Gasteiger partial charge in [0.2, 0.25) is 0 Å². The summed E-state index contributed by atoms with van der Waals surface area (Å²) in [6.07, 6.45) is 4.08. The average molecular weight is 748 g/mol. The Bertz CT molecular complexity index is 1900. The normalized spacial score (nSPS) is 20.7. The summed E-state index contributed by atoms with van der Waals surface area (Å²) in [6, 6.07) is 2.93. The maximum Gasteiger partial charge on any atom is 0.352 e. The minimum atomic E-state index is -1.22. The molecule has 3 aromatic heterocycles. The summed E-state index contributed by atoms with van der Waals surface area (Å²) >= 11 is 10.1. The molecular formula is C29H32ClN10O6S3+. The highest BCUT2D eigenvalue weighted by Crippen LogP contribution is 2.40. The standard InChI is InChI=1S/C29H31ClN10O6S3/c1-46-35-20(19-23(30)49-29(31)33-19)25(42)32-21-26(43)40-22(28(44)45)16(14-48-27(21)40)11-38-7-4-18-36(8-9-39(18)38)12-17-10-15(13-47-17)24(41)34-37-5-2-3-6-37/h4,7,10,13,21,27H,2-3,5-6,8-9,11-12,14H2,1H3,(H4-,31,32,33,34,41,42,44,45)/p+1/b35-20-/t21-,27-/m1/s1. The van der Waals surface area contributed by atoms with Crippen molar-refractivity contribution in [2.75, 3.05) is 43.1 Å². The first kappa shape index (κ1) is 33.3. The minimum Gasteiger partial charge on any atom is -0.477 e. The molecule has 3 amide bonds. The van der Waals surface area contributed by atoms with Gasteiger partial charge in [0.05, 0.1) is 24.7 Å². The molecule has 49 heavy (non-hydrogen) atoms. The number of carbonyl (C=O) groups is 4. The second kappa shape index (κ2) is 13.6. The van der Waals surface area contributed by atoms with E-state index in [0.717, 1.165) is 54.5 Å². The summed E-state index contributed by atoms with van der Waals surface area (Å²) < 4.78 is 4.18. The molecule has 0 spiro atoms. The van der Waals surface area contributed by atoms with Crippen LogP contribution in [-0.4, -0.2) is 98.0 Å². The molecule has 20 heteroatoms. The molecule has 0 aliphatic carbocycles. The number of thioether (sulfide) groups is 1. The van der Waals surface area contributed by atoms with Crippen molar-refractivity contribution in [3.05, 3.63) is 55.5 Å². The fraction of sp³-hybridized carbons (Fsp3) is 0.414. The number of carboxylic acid groups (broad SMARTS) is 1. The molecule has 0 saturated carbocycles. The number of aromatic nitrogens is 3. The number of thiazole rings is 1. The summed E-state index contributed by atoms with van der Waals surface area (Å²) in [4.78, 5) is 65.1. The van der Waals surface area contributed by atoms with E-state index in [4.69, 9.17) is 22.2 Å². The maximum absolute atomic E-state index is 13.3. The second-order valence-electron chi connectivity index (χ2n) is 11.7. The number of amides is 3. The summed E-state index contributed by atoms with van der Waals surface area (Å²) in [6.45, 7) is 4.10. The minimum absolute atomic E-state index is 0.0210. The van der Waals surface area contributed by atoms with E-state index in [1.54, 1.807) is 11.3 Å². The highest BCUT2D eigenvalue weighted by atomic mass is 35.5. The van der Waals surface area contributed by atoms with Crippen molar-refractivity contribution in [3.8, 4) is 0 Å². The van der Waals surface area contributed by atoms with Crippen LogP contribution in [0.1, 0.15) is 33.8 Å². The molecule has 0 aromatic carbocycles. The number of thiophene rings is 1. The van der Waals surface area contributed by atoms with E-state index in [0.29, 0.717) is 30.0 Å². The molecule has 258 valence electrons. The number of halogens is 1. The number of hydrogen-bond acceptors (Lipinski definition) is 13. The van der Waals surface area contributed by atoms with Gasteiger partial charge in [0.15, 0.2) is 29.4 Å². The molecule has 0 bridgehead atoms. The van der Waals surface area contributed by atoms with E-state index >= 15 is 0 Å². The topological polar surface area (TPSA) is 192 Å². The third kappa shape index (κ3) is 6.36. The molecule has 7 rings (SSSR count). The molecule has 2 saturated heterocycles. The number of carbonyl (C=O) groups excluding carboxylic acids is 3. The Kier molecular flexibility index (Phi) is 9.27. The lowest BCUT2D eigenvalue weighted by atomic mass is 10.0. The fourth-order valence-electron chi connectivity index (χ4n) is 6.36. The van der Waals surface area contributed by atoms with Crippen LogP contribution in [0, 0.1) is 0 Å². The Balaban J connectivity index is 1.02. The fourth-order valence-corrected chi connectivity index (χ4v) is 9.50. The third-order valence-corrected chi connectivity index (χ3v) is 12.0. The van der Waals surface area contributed by atoms with E-state index in [1.807, 2.05) is 33.4 Å². The van der Waals surface area contributed by atoms with E-state index in [1.165, 1.54) is 23.8 Å². The lowest BCUT2D eigenvalue weighted by Gasteiger charge is -2.49. The summed E-state index contributed by atoms with van der Waals surface area (Å²) in [5, 5.41) is 20.0. The lowest BCUT2D eigenvalue weighted by molar-refractivity contribution is -0.766. The molecule has 7 heterocycles. The van der Waals surface area contributed by atoms with Crippen LogP contribution in [0.5, 0.6) is 0 Å². The summed E-state index contributed by atoms with van der Waals surface area (Å²) in [5.41, 5.74) is 9.61. The zero-order valence-corrected chi connectivity index (χ0v) is 29.3. The van der Waals surface area contributed by atoms with E-state index < -0.39 is 29.2 Å². The molecule has 16 nitrogen and oxygen atoms in total. The largest absolute Gasteiger partial charge is 0.477 e. The quantitative estimate of drug-likeness (QED) is 0.0950. The number of rotatable bonds is 11. The highest BCUT2D eigenvalue weighted by Gasteiger charge is 2.55. The van der Waals surface area contributed by atoms with Crippen LogP contribution in [0.4, 0.5) is 10.9 Å². The van der Waals surface area contributed by atoms with Crippen LogP contribution in [0.25, 0.3) is 0 Å². The zero-order valence-electron chi connectivity index (χ0n) is 26.1. The van der Waals surface area contributed by atoms with E-state index in [-0.39, 0.29) is 39.0 Å². The molecule has 4 aliphatic rings. The molecule has 5 N–H and O–H groups in total. The predicted molar refractivity (Wildman–Crippen MR) is 183 cm³/mol. The van der Waals surface area contributed by atoms with Crippen molar-refractivity contribution in [2.45, 2.75) is 43.9 Å². The number of nitrogens with one attached hydrogen (secondary N) is 2. The Morgan fingerprint density at radius 2 is 2.04 bits per heavy atom. The number of oxime groups is 1. The van der Waals surface area contributed by atoms with Crippen molar-refractivity contribution < 1.29 is 33.8 Å². The number of nitrogens with two attached hydrogens (primary N) is 1. The van der Waals surface area contributed by atoms with Crippen LogP contribution >= 0.6 is 46.0 Å². The smallest absolute Gasteiger partial charge is 0.352 e. The Labute approximate surface area is 297 Å². The van der Waals surface area contributed by atoms with Crippen LogP contribution in [0.3, 0.4) is 0 Å². The summed E-state index contributed by atoms with van der Waals surface area (Å²) in [5.74, 6) is -1.30. The summed E-state index contributed by atoms with van der Waals surface area (Å²) in [7, 11) is 1.25. The number of hydrogen-bond donors (Lipinski definition) is 4.